The van der Waals surface area contributed by atoms with Gasteiger partial charge in [0.15, 0.2) is 0 Å². The minimum atomic E-state index is 0.811. The van der Waals surface area contributed by atoms with E-state index in [1.807, 2.05) is 24.4 Å². The largest absolute Gasteiger partial charge is 0.495 e. The third-order valence-corrected chi connectivity index (χ3v) is 3.89. The second-order valence-corrected chi connectivity index (χ2v) is 5.79. The molecule has 84 valence electrons. The quantitative estimate of drug-likeness (QED) is 0.743. The number of aromatic nitrogens is 1. The molecule has 1 heterocycles. The van der Waals surface area contributed by atoms with Crippen LogP contribution in [0.5, 0.6) is 5.75 Å². The van der Waals surface area contributed by atoms with Crippen LogP contribution in [0.3, 0.4) is 0 Å². The van der Waals surface area contributed by atoms with Gasteiger partial charge in [-0.1, -0.05) is 15.9 Å². The predicted molar refractivity (Wildman–Crippen MR) is 75.9 cm³/mol. The van der Waals surface area contributed by atoms with Crippen molar-refractivity contribution in [2.24, 2.45) is 0 Å². The van der Waals surface area contributed by atoms with Gasteiger partial charge in [-0.15, -0.1) is 0 Å². The van der Waals surface area contributed by atoms with E-state index in [0.29, 0.717) is 0 Å². The average molecular weight is 410 g/mol. The van der Waals surface area contributed by atoms with E-state index in [1.165, 1.54) is 0 Å². The number of halogens is 3. The van der Waals surface area contributed by atoms with Crippen LogP contribution in [0, 0.1) is 0 Å². The monoisotopic (exact) mass is 407 g/mol. The van der Waals surface area contributed by atoms with Crippen molar-refractivity contribution >= 4 is 47.8 Å². The van der Waals surface area contributed by atoms with Gasteiger partial charge in [0.25, 0.3) is 0 Å². The van der Waals surface area contributed by atoms with E-state index in [2.05, 4.69) is 52.8 Å². The molecule has 0 aliphatic rings. The summed E-state index contributed by atoms with van der Waals surface area (Å²) in [5, 5.41) is 0. The van der Waals surface area contributed by atoms with Crippen LogP contribution in [-0.2, 0) is 0 Å². The minimum absolute atomic E-state index is 0.811. The first-order valence-electron chi connectivity index (χ1n) is 4.49. The highest BCUT2D eigenvalue weighted by Gasteiger charge is 2.14. The Balaban J connectivity index is 2.68. The van der Waals surface area contributed by atoms with Gasteiger partial charge < -0.3 is 9.72 Å². The predicted octanol–water partition coefficient (Wildman–Crippen LogP) is 4.98. The molecule has 2 rings (SSSR count). The lowest BCUT2D eigenvalue weighted by molar-refractivity contribution is 0.413. The van der Waals surface area contributed by atoms with E-state index in [9.17, 15) is 0 Å². The third kappa shape index (κ3) is 2.21. The summed E-state index contributed by atoms with van der Waals surface area (Å²) in [4.78, 5) is 3.18. The molecule has 2 nitrogen and oxygen atoms in total. The molecule has 0 saturated carbocycles. The van der Waals surface area contributed by atoms with Crippen LogP contribution < -0.4 is 4.74 Å². The Hall–Kier alpha value is -0.260. The van der Waals surface area contributed by atoms with Gasteiger partial charge in [0.05, 0.1) is 17.3 Å². The highest BCUT2D eigenvalue weighted by Crippen LogP contribution is 2.40. The van der Waals surface area contributed by atoms with Crippen LogP contribution >= 0.6 is 47.8 Å². The van der Waals surface area contributed by atoms with Gasteiger partial charge in [0.2, 0.25) is 0 Å². The summed E-state index contributed by atoms with van der Waals surface area (Å²) in [6.07, 6.45) is 1.88. The van der Waals surface area contributed by atoms with Crippen LogP contribution in [0.15, 0.2) is 37.8 Å². The highest BCUT2D eigenvalue weighted by atomic mass is 79.9. The number of hydrogen-bond donors (Lipinski definition) is 1. The van der Waals surface area contributed by atoms with Gasteiger partial charge >= 0.3 is 0 Å². The molecule has 0 radical (unpaired) electrons. The molecule has 0 amide bonds. The summed E-state index contributed by atoms with van der Waals surface area (Å²) in [6.45, 7) is 0. The summed E-state index contributed by atoms with van der Waals surface area (Å²) >= 11 is 10.5. The van der Waals surface area contributed by atoms with Crippen molar-refractivity contribution in [1.29, 1.82) is 0 Å². The maximum Gasteiger partial charge on any atom is 0.142 e. The number of methoxy groups -OCH3 is 1. The molecule has 1 aromatic carbocycles. The molecular formula is C11H8Br3NO. The van der Waals surface area contributed by atoms with E-state index in [0.717, 1.165) is 30.4 Å². The lowest BCUT2D eigenvalue weighted by Crippen LogP contribution is -1.90. The number of H-pyrrole nitrogens is 1. The zero-order chi connectivity index (χ0) is 11.7. The molecule has 1 N–H and O–H groups in total. The molecule has 5 heteroatoms. The number of ether oxygens (including phenoxy) is 1. The van der Waals surface area contributed by atoms with Crippen LogP contribution in [0.2, 0.25) is 0 Å². The van der Waals surface area contributed by atoms with Gasteiger partial charge in [-0.25, -0.2) is 0 Å². The maximum atomic E-state index is 5.40. The zero-order valence-corrected chi connectivity index (χ0v) is 13.1. The van der Waals surface area contributed by atoms with Crippen molar-refractivity contribution in [2.45, 2.75) is 0 Å². The van der Waals surface area contributed by atoms with Crippen molar-refractivity contribution in [2.75, 3.05) is 7.11 Å². The van der Waals surface area contributed by atoms with Crippen LogP contribution in [-0.4, -0.2) is 12.1 Å². The van der Waals surface area contributed by atoms with Crippen molar-refractivity contribution in [3.05, 3.63) is 37.8 Å². The Kier molecular flexibility index (Phi) is 3.77. The fraction of sp³-hybridized carbons (Fsp3) is 0.0909. The zero-order valence-electron chi connectivity index (χ0n) is 8.35. The molecule has 2 aromatic rings. The standard InChI is InChI=1S/C11H8Br3NO/c1-16-11-7(4-6(12)5-9(11)14)10-8(13)2-3-15-10/h2-5,15H,1H3. The molecule has 0 aliphatic heterocycles. The Morgan fingerprint density at radius 2 is 1.88 bits per heavy atom. The van der Waals surface area contributed by atoms with Gasteiger partial charge in [0.1, 0.15) is 5.75 Å². The summed E-state index contributed by atoms with van der Waals surface area (Å²) in [5.41, 5.74) is 2.00. The number of nitrogens with one attached hydrogen (secondary N) is 1. The summed E-state index contributed by atoms with van der Waals surface area (Å²) in [6, 6.07) is 5.93. The first-order chi connectivity index (χ1) is 7.63. The fourth-order valence-corrected chi connectivity index (χ4v) is 3.36. The third-order valence-electron chi connectivity index (χ3n) is 2.18. The topological polar surface area (TPSA) is 25.0 Å². The first kappa shape index (κ1) is 12.2. The molecule has 0 atom stereocenters. The van der Waals surface area contributed by atoms with Crippen LogP contribution in [0.25, 0.3) is 11.3 Å². The fourth-order valence-electron chi connectivity index (χ4n) is 1.51. The van der Waals surface area contributed by atoms with E-state index in [4.69, 9.17) is 4.74 Å². The van der Waals surface area contributed by atoms with Crippen molar-refractivity contribution in [3.63, 3.8) is 0 Å². The summed E-state index contributed by atoms with van der Waals surface area (Å²) in [5.74, 6) is 0.811. The molecule has 0 unspecified atom stereocenters. The molecule has 0 bridgehead atoms. The summed E-state index contributed by atoms with van der Waals surface area (Å²) in [7, 11) is 1.66. The molecular weight excluding hydrogens is 402 g/mol. The van der Waals surface area contributed by atoms with E-state index in [-0.39, 0.29) is 0 Å². The first-order valence-corrected chi connectivity index (χ1v) is 6.87. The van der Waals surface area contributed by atoms with Crippen molar-refractivity contribution in [1.82, 2.24) is 4.98 Å². The Morgan fingerprint density at radius 3 is 2.44 bits per heavy atom. The minimum Gasteiger partial charge on any atom is -0.495 e. The Labute approximate surface area is 119 Å². The number of rotatable bonds is 2. The Bertz CT molecular complexity index is 522. The number of benzene rings is 1. The molecule has 0 saturated heterocycles. The SMILES string of the molecule is COc1c(Br)cc(Br)cc1-c1[nH]ccc1Br. The molecule has 16 heavy (non-hydrogen) atoms. The molecule has 0 fully saturated rings. The molecule has 1 aromatic heterocycles. The number of hydrogen-bond acceptors (Lipinski definition) is 1. The van der Waals surface area contributed by atoms with E-state index >= 15 is 0 Å². The van der Waals surface area contributed by atoms with Gasteiger partial charge in [0, 0.05) is 20.7 Å². The normalized spacial score (nSPS) is 10.5. The lowest BCUT2D eigenvalue weighted by Gasteiger charge is -2.10. The van der Waals surface area contributed by atoms with E-state index < -0.39 is 0 Å². The highest BCUT2D eigenvalue weighted by molar-refractivity contribution is 9.11. The van der Waals surface area contributed by atoms with Gasteiger partial charge in [-0.3, -0.25) is 0 Å². The summed E-state index contributed by atoms with van der Waals surface area (Å²) < 4.78 is 8.33. The Morgan fingerprint density at radius 1 is 1.12 bits per heavy atom. The van der Waals surface area contributed by atoms with Crippen molar-refractivity contribution in [3.8, 4) is 17.0 Å². The second-order valence-electron chi connectivity index (χ2n) is 3.17. The average Bonchev–Trinajstić information content (AvgIpc) is 2.63. The molecule has 0 aliphatic carbocycles. The van der Waals surface area contributed by atoms with E-state index in [1.54, 1.807) is 7.11 Å². The number of aromatic amines is 1. The van der Waals surface area contributed by atoms with Crippen LogP contribution in [0.4, 0.5) is 0 Å². The van der Waals surface area contributed by atoms with Crippen molar-refractivity contribution < 1.29 is 4.74 Å². The maximum absolute atomic E-state index is 5.40. The van der Waals surface area contributed by atoms with Gasteiger partial charge in [-0.05, 0) is 50.1 Å². The van der Waals surface area contributed by atoms with Gasteiger partial charge in [-0.2, -0.15) is 0 Å². The van der Waals surface area contributed by atoms with Crippen LogP contribution in [0.1, 0.15) is 0 Å². The second kappa shape index (κ2) is 4.94. The lowest BCUT2D eigenvalue weighted by atomic mass is 10.1. The molecule has 0 spiro atoms. The smallest absolute Gasteiger partial charge is 0.142 e.